The van der Waals surface area contributed by atoms with E-state index < -0.39 is 5.82 Å². The molecule has 4 heterocycles. The minimum Gasteiger partial charge on any atom is -0.381 e. The SMILES string of the molecule is CN1C(=O)c2ccc(F)cc2[C@H]2CCCN2c2nc(cnc2N)-c2c(C#N)nn(C)c21. The van der Waals surface area contributed by atoms with Gasteiger partial charge >= 0.3 is 0 Å². The monoisotopic (exact) mass is 418 g/mol. The highest BCUT2D eigenvalue weighted by Crippen LogP contribution is 2.42. The number of fused-ring (bicyclic) bond motifs is 8. The van der Waals surface area contributed by atoms with Crippen LogP contribution in [0.3, 0.4) is 0 Å². The number of nitriles is 1. The molecule has 0 unspecified atom stereocenters. The minimum atomic E-state index is -0.420. The molecule has 1 fully saturated rings. The lowest BCUT2D eigenvalue weighted by molar-refractivity contribution is 0.0990. The van der Waals surface area contributed by atoms with E-state index >= 15 is 0 Å². The molecule has 3 aromatic rings. The van der Waals surface area contributed by atoms with Crippen LogP contribution in [-0.2, 0) is 7.05 Å². The van der Waals surface area contributed by atoms with Gasteiger partial charge in [0.2, 0.25) is 0 Å². The molecule has 2 aromatic heterocycles. The summed E-state index contributed by atoms with van der Waals surface area (Å²) in [5.74, 6) is 0.328. The molecule has 9 nitrogen and oxygen atoms in total. The number of halogens is 1. The average molecular weight is 418 g/mol. The van der Waals surface area contributed by atoms with Crippen molar-refractivity contribution in [2.45, 2.75) is 18.9 Å². The lowest BCUT2D eigenvalue weighted by atomic mass is 9.97. The molecule has 0 spiro atoms. The van der Waals surface area contributed by atoms with Gasteiger partial charge in [0.15, 0.2) is 17.3 Å². The van der Waals surface area contributed by atoms with Crippen molar-refractivity contribution in [2.24, 2.45) is 7.05 Å². The first-order chi connectivity index (χ1) is 14.9. The van der Waals surface area contributed by atoms with Crippen LogP contribution in [0.4, 0.5) is 21.8 Å². The number of nitrogens with zero attached hydrogens (tertiary/aromatic N) is 7. The quantitative estimate of drug-likeness (QED) is 0.596. The van der Waals surface area contributed by atoms with Crippen LogP contribution in [0.1, 0.15) is 40.5 Å². The van der Waals surface area contributed by atoms with E-state index in [4.69, 9.17) is 10.7 Å². The van der Waals surface area contributed by atoms with E-state index in [1.54, 1.807) is 14.1 Å². The van der Waals surface area contributed by atoms with Crippen LogP contribution < -0.4 is 15.5 Å². The predicted molar refractivity (Wildman–Crippen MR) is 112 cm³/mol. The Morgan fingerprint density at radius 3 is 2.90 bits per heavy atom. The lowest BCUT2D eigenvalue weighted by Gasteiger charge is -2.28. The van der Waals surface area contributed by atoms with E-state index in [1.807, 2.05) is 4.90 Å². The van der Waals surface area contributed by atoms with E-state index in [-0.39, 0.29) is 23.5 Å². The minimum absolute atomic E-state index is 0.124. The maximum atomic E-state index is 14.3. The molecule has 2 aliphatic heterocycles. The number of hydrogen-bond acceptors (Lipinski definition) is 7. The molecule has 31 heavy (non-hydrogen) atoms. The maximum Gasteiger partial charge on any atom is 0.259 e. The Morgan fingerprint density at radius 2 is 2.13 bits per heavy atom. The van der Waals surface area contributed by atoms with E-state index in [2.05, 4.69) is 16.2 Å². The van der Waals surface area contributed by atoms with Gasteiger partial charge in [-0.15, -0.1) is 0 Å². The smallest absolute Gasteiger partial charge is 0.259 e. The zero-order valence-electron chi connectivity index (χ0n) is 17.0. The lowest BCUT2D eigenvalue weighted by Crippen LogP contribution is -2.31. The zero-order chi connectivity index (χ0) is 21.9. The molecule has 2 N–H and O–H groups in total. The van der Waals surface area contributed by atoms with Crippen LogP contribution in [-0.4, -0.2) is 39.2 Å². The Balaban J connectivity index is 1.88. The summed E-state index contributed by atoms with van der Waals surface area (Å²) < 4.78 is 15.7. The van der Waals surface area contributed by atoms with Crippen LogP contribution in [0.15, 0.2) is 24.4 Å². The highest BCUT2D eigenvalue weighted by atomic mass is 19.1. The Morgan fingerprint density at radius 1 is 1.32 bits per heavy atom. The summed E-state index contributed by atoms with van der Waals surface area (Å²) in [4.78, 5) is 26.0. The first-order valence-corrected chi connectivity index (χ1v) is 9.84. The van der Waals surface area contributed by atoms with Crippen molar-refractivity contribution < 1.29 is 9.18 Å². The van der Waals surface area contributed by atoms with E-state index in [0.29, 0.717) is 40.6 Å². The largest absolute Gasteiger partial charge is 0.381 e. The second kappa shape index (κ2) is 6.77. The molecule has 0 radical (unpaired) electrons. The highest BCUT2D eigenvalue weighted by molar-refractivity contribution is 6.08. The summed E-state index contributed by atoms with van der Waals surface area (Å²) in [5.41, 5.74) is 8.06. The summed E-state index contributed by atoms with van der Waals surface area (Å²) in [6.07, 6.45) is 3.03. The van der Waals surface area contributed by atoms with Crippen LogP contribution in [0.25, 0.3) is 11.3 Å². The number of rotatable bonds is 0. The van der Waals surface area contributed by atoms with Gasteiger partial charge in [-0.3, -0.25) is 14.4 Å². The van der Waals surface area contributed by atoms with Gasteiger partial charge in [-0.2, -0.15) is 10.4 Å². The number of aromatic nitrogens is 4. The molecule has 2 aliphatic rings. The standard InChI is InChI=1S/C21H19FN8O/c1-28-20-17(14(9-23)27-29(20)2)15-10-25-18(24)19(26-15)30-7-3-4-16(30)13-8-11(22)5-6-12(13)21(28)31/h5-6,8,10,16H,3-4,7H2,1-2H3,(H2,24,25)/t16-/m1/s1. The second-order valence-electron chi connectivity index (χ2n) is 7.69. The number of benzene rings is 1. The van der Waals surface area contributed by atoms with Gasteiger partial charge in [0.1, 0.15) is 17.7 Å². The van der Waals surface area contributed by atoms with Crippen LogP contribution in [0, 0.1) is 17.1 Å². The first-order valence-electron chi connectivity index (χ1n) is 9.84. The number of amides is 1. The number of aryl methyl sites for hydroxylation is 1. The van der Waals surface area contributed by atoms with E-state index in [1.165, 1.54) is 34.0 Å². The molecule has 1 atom stereocenters. The summed E-state index contributed by atoms with van der Waals surface area (Å²) in [6.45, 7) is 0.637. The molecular weight excluding hydrogens is 399 g/mol. The first kappa shape index (κ1) is 19.0. The number of carbonyl (C=O) groups excluding carboxylic acids is 1. The fourth-order valence-electron chi connectivity index (χ4n) is 4.56. The topological polar surface area (TPSA) is 117 Å². The Labute approximate surface area is 177 Å². The van der Waals surface area contributed by atoms with Crippen molar-refractivity contribution in [1.29, 1.82) is 5.26 Å². The van der Waals surface area contributed by atoms with Crippen LogP contribution in [0.2, 0.25) is 0 Å². The number of nitrogen functional groups attached to an aromatic ring is 1. The summed E-state index contributed by atoms with van der Waals surface area (Å²) in [6, 6.07) is 5.99. The van der Waals surface area contributed by atoms with Gasteiger partial charge < -0.3 is 10.6 Å². The number of anilines is 3. The predicted octanol–water partition coefficient (Wildman–Crippen LogP) is 2.40. The number of nitrogens with two attached hydrogens (primary N) is 1. The molecule has 5 rings (SSSR count). The third-order valence-corrected chi connectivity index (χ3v) is 5.91. The third-order valence-electron chi connectivity index (χ3n) is 5.91. The second-order valence-corrected chi connectivity index (χ2v) is 7.69. The summed E-state index contributed by atoms with van der Waals surface area (Å²) in [5, 5.41) is 13.9. The van der Waals surface area contributed by atoms with Gasteiger partial charge in [0.25, 0.3) is 5.91 Å². The summed E-state index contributed by atoms with van der Waals surface area (Å²) >= 11 is 0. The zero-order valence-corrected chi connectivity index (χ0v) is 17.0. The van der Waals surface area contributed by atoms with Crippen LogP contribution >= 0.6 is 0 Å². The number of carbonyl (C=O) groups is 1. The number of hydrogen-bond donors (Lipinski definition) is 1. The summed E-state index contributed by atoms with van der Waals surface area (Å²) in [7, 11) is 3.26. The normalized spacial score (nSPS) is 17.5. The third kappa shape index (κ3) is 2.73. The molecule has 156 valence electrons. The van der Waals surface area contributed by atoms with Crippen molar-refractivity contribution in [3.8, 4) is 17.3 Å². The Bertz CT molecular complexity index is 1280. The van der Waals surface area contributed by atoms with Gasteiger partial charge in [-0.05, 0) is 36.6 Å². The van der Waals surface area contributed by atoms with E-state index in [9.17, 15) is 14.4 Å². The van der Waals surface area contributed by atoms with E-state index in [0.717, 1.165) is 12.8 Å². The fraction of sp³-hybridized carbons (Fsp3) is 0.286. The van der Waals surface area contributed by atoms with Gasteiger partial charge in [-0.25, -0.2) is 14.4 Å². The highest BCUT2D eigenvalue weighted by Gasteiger charge is 2.35. The van der Waals surface area contributed by atoms with Gasteiger partial charge in [-0.1, -0.05) is 0 Å². The molecule has 1 aromatic carbocycles. The molecule has 0 saturated carbocycles. The van der Waals surface area contributed by atoms with Gasteiger partial charge in [0.05, 0.1) is 23.5 Å². The Hall–Kier alpha value is -4.00. The van der Waals surface area contributed by atoms with Crippen LogP contribution in [0.5, 0.6) is 0 Å². The maximum absolute atomic E-state index is 14.3. The van der Waals surface area contributed by atoms with Crippen molar-refractivity contribution in [2.75, 3.05) is 29.1 Å². The molecule has 2 bridgehead atoms. The van der Waals surface area contributed by atoms with Gasteiger partial charge in [0, 0.05) is 26.2 Å². The Kier molecular flexibility index (Phi) is 4.15. The van der Waals surface area contributed by atoms with Crippen molar-refractivity contribution in [3.05, 3.63) is 47.0 Å². The van der Waals surface area contributed by atoms with Crippen molar-refractivity contribution >= 4 is 23.4 Å². The molecule has 1 amide bonds. The molecule has 1 saturated heterocycles. The van der Waals surface area contributed by atoms with Crippen molar-refractivity contribution in [1.82, 2.24) is 19.7 Å². The fourth-order valence-corrected chi connectivity index (χ4v) is 4.56. The molecule has 10 heteroatoms. The molecular formula is C21H19FN8O. The van der Waals surface area contributed by atoms with Crippen molar-refractivity contribution in [3.63, 3.8) is 0 Å². The molecule has 0 aliphatic carbocycles. The average Bonchev–Trinajstić information content (AvgIpc) is 3.37.